The van der Waals surface area contributed by atoms with Gasteiger partial charge in [0.25, 0.3) is 11.5 Å². The molecule has 8 bridgehead atoms. The van der Waals surface area contributed by atoms with E-state index >= 15 is 0 Å². The summed E-state index contributed by atoms with van der Waals surface area (Å²) in [6.45, 7) is 15.8. The van der Waals surface area contributed by atoms with Crippen LogP contribution in [0.4, 0.5) is 11.6 Å². The summed E-state index contributed by atoms with van der Waals surface area (Å²) in [6, 6.07) is 11.3. The number of amides is 3. The number of aromatic carboxylic acids is 1. The quantitative estimate of drug-likeness (QED) is 0.0225. The van der Waals surface area contributed by atoms with E-state index in [-0.39, 0.29) is 122 Å². The molecule has 5 aromatic heterocycles. The zero-order valence-corrected chi connectivity index (χ0v) is 47.0. The lowest BCUT2D eigenvalue weighted by Gasteiger charge is -2.18. The molecule has 24 nitrogen and oxygen atoms in total. The molecule has 0 fully saturated rings. The Bertz CT molecular complexity index is 3810. The number of Topliss-reactive ketones (excluding diaryl/α,β-unsaturated/α-hetero) is 1. The lowest BCUT2D eigenvalue weighted by Crippen LogP contribution is -2.40. The number of nitrogens with two attached hydrogens (primary N) is 1. The Kier molecular flexibility index (Phi) is 19.0. The van der Waals surface area contributed by atoms with Gasteiger partial charge >= 0.3 is 11.9 Å². The van der Waals surface area contributed by atoms with Crippen molar-refractivity contribution in [3.05, 3.63) is 134 Å². The zero-order valence-electron chi connectivity index (χ0n) is 47.0. The first-order chi connectivity index (χ1) is 39.7. The molecule has 24 heteroatoms. The van der Waals surface area contributed by atoms with Gasteiger partial charge in [0, 0.05) is 75.9 Å². The second-order valence-electron chi connectivity index (χ2n) is 20.3. The number of aryl methyl sites for hydroxylation is 3. The Balaban J connectivity index is 0.810. The fourth-order valence-electron chi connectivity index (χ4n) is 10.3. The summed E-state index contributed by atoms with van der Waals surface area (Å²) in [5.41, 5.74) is 15.6. The molecule has 1 aromatic carbocycles. The van der Waals surface area contributed by atoms with Crippen molar-refractivity contribution < 1.29 is 48.5 Å². The number of nitrogens with one attached hydrogen (secondary N) is 7. The molecule has 3 amide bonds. The summed E-state index contributed by atoms with van der Waals surface area (Å²) in [5.74, 6) is -4.78. The smallest absolute Gasteiger partial charge is 0.338 e. The van der Waals surface area contributed by atoms with Gasteiger partial charge in [-0.25, -0.2) is 19.7 Å². The van der Waals surface area contributed by atoms with E-state index in [0.29, 0.717) is 51.7 Å². The number of aromatic amines is 3. The topological polar surface area (TPSA) is 364 Å². The molecule has 0 spiro atoms. The third kappa shape index (κ3) is 14.0. The Morgan fingerprint density at radius 1 is 0.843 bits per heavy atom. The Hall–Kier alpha value is -9.42. The molecule has 7 heterocycles. The molecule has 2 aliphatic rings. The fourth-order valence-corrected chi connectivity index (χ4v) is 10.3. The highest BCUT2D eigenvalue weighted by Crippen LogP contribution is 2.43. The number of nitrogen functional groups attached to an aromatic ring is 1. The number of hydrogen-bond donors (Lipinski definition) is 10. The average molecular weight is 1130 g/mol. The number of anilines is 2. The first kappa shape index (κ1) is 59.7. The average Bonchev–Trinajstić information content (AvgIpc) is 3.98. The largest absolute Gasteiger partial charge is 0.481 e. The Labute approximate surface area is 476 Å². The van der Waals surface area contributed by atoms with Crippen molar-refractivity contribution in [1.29, 1.82) is 0 Å². The van der Waals surface area contributed by atoms with Crippen molar-refractivity contribution in [2.45, 2.75) is 104 Å². The van der Waals surface area contributed by atoms with Gasteiger partial charge in [0.15, 0.2) is 16.9 Å². The van der Waals surface area contributed by atoms with Crippen molar-refractivity contribution >= 4 is 91.5 Å². The van der Waals surface area contributed by atoms with Crippen LogP contribution in [-0.4, -0.2) is 125 Å². The number of carbonyl (C=O) groups is 6. The van der Waals surface area contributed by atoms with Crippen LogP contribution in [0.15, 0.2) is 66.1 Å². The Morgan fingerprint density at radius 2 is 1.58 bits per heavy atom. The number of carboxylic acids is 2. The number of ether oxygens (including phenoxy) is 2. The molecule has 6 aromatic rings. The van der Waals surface area contributed by atoms with Gasteiger partial charge in [0.05, 0.1) is 78.9 Å². The van der Waals surface area contributed by atoms with E-state index in [2.05, 4.69) is 57.7 Å². The monoisotopic (exact) mass is 1130 g/mol. The van der Waals surface area contributed by atoms with Crippen molar-refractivity contribution in [1.82, 2.24) is 55.8 Å². The lowest BCUT2D eigenvalue weighted by atomic mass is 9.84. The SMILES string of the molecule is C=CC1=C(C)c2cc3nc(c(CC(=O)O)c4[nH]c(cc5[nH]c(cc1n2)c(C)c5CC)c(C)c4C(=O)O)C(CCC(=O)NCCOCCOCNC(=O)CCC(NC(=O)c1ccc(NCc2cnc4nc(N)[nH]c(=O)c4n2)cc1)C(C)=O)C3C. The number of hydrogen-bond acceptors (Lipinski definition) is 16. The molecule has 8 rings (SSSR count). The molecule has 83 heavy (non-hydrogen) atoms. The van der Waals surface area contributed by atoms with Crippen molar-refractivity contribution in [2.24, 2.45) is 0 Å². The molecular formula is C59H67N13O11. The zero-order chi connectivity index (χ0) is 59.6. The molecule has 2 aliphatic heterocycles. The number of ketones is 1. The Morgan fingerprint density at radius 3 is 2.29 bits per heavy atom. The molecule has 434 valence electrons. The second-order valence-corrected chi connectivity index (χ2v) is 20.3. The second kappa shape index (κ2) is 26.4. The number of benzene rings is 1. The van der Waals surface area contributed by atoms with Gasteiger partial charge < -0.3 is 56.7 Å². The number of aromatic nitrogens is 8. The summed E-state index contributed by atoms with van der Waals surface area (Å²) < 4.78 is 11.1. The third-order valence-corrected chi connectivity index (χ3v) is 14.8. The molecule has 0 aliphatic carbocycles. The molecular weight excluding hydrogens is 1070 g/mol. The minimum atomic E-state index is -1.23. The molecule has 0 saturated heterocycles. The number of carbonyl (C=O) groups excluding carboxylic acids is 4. The van der Waals surface area contributed by atoms with Crippen LogP contribution in [0.2, 0.25) is 0 Å². The number of H-pyrrole nitrogens is 3. The minimum Gasteiger partial charge on any atom is -0.481 e. The van der Waals surface area contributed by atoms with Crippen molar-refractivity contribution in [2.75, 3.05) is 44.1 Å². The normalized spacial score (nSPS) is 14.3. The van der Waals surface area contributed by atoms with E-state index < -0.39 is 47.7 Å². The van der Waals surface area contributed by atoms with E-state index in [1.165, 1.54) is 13.1 Å². The van der Waals surface area contributed by atoms with E-state index in [4.69, 9.17) is 25.2 Å². The maximum Gasteiger partial charge on any atom is 0.338 e. The number of rotatable bonds is 25. The molecule has 11 N–H and O–H groups in total. The van der Waals surface area contributed by atoms with E-state index in [0.717, 1.165) is 33.3 Å². The van der Waals surface area contributed by atoms with Crippen molar-refractivity contribution in [3.8, 4) is 0 Å². The van der Waals surface area contributed by atoms with Crippen LogP contribution < -0.4 is 32.6 Å². The van der Waals surface area contributed by atoms with Crippen LogP contribution in [0.3, 0.4) is 0 Å². The van der Waals surface area contributed by atoms with Gasteiger partial charge in [-0.1, -0.05) is 26.5 Å². The maximum atomic E-state index is 13.4. The third-order valence-electron chi connectivity index (χ3n) is 14.8. The number of aliphatic carboxylic acids is 1. The highest BCUT2D eigenvalue weighted by Gasteiger charge is 2.34. The lowest BCUT2D eigenvalue weighted by molar-refractivity contribution is -0.136. The fraction of sp³-hybridized carbons (Fsp3) is 0.356. The van der Waals surface area contributed by atoms with Gasteiger partial charge in [0.1, 0.15) is 6.73 Å². The highest BCUT2D eigenvalue weighted by molar-refractivity contribution is 6.03. The predicted molar refractivity (Wildman–Crippen MR) is 311 cm³/mol. The number of carboxylic acid groups (broad SMARTS) is 2. The minimum absolute atomic E-state index is 0.0417. The standard InChI is InChI=1S/C59H67N13O11/c1-8-37-29(3)42-23-44-31(5)39(52(68-44)40(22-50(76)77)53-51(58(80)81)32(6)45(69-53)25-47-38(9-2)30(4)43(67-47)24-46(37)66-42)14-16-48(74)61-18-19-82-20-21-83-28-64-49(75)17-15-41(33(7)73)70-56(78)34-10-12-35(13-11-34)62-26-36-27-63-55-54(65-36)57(79)72-59(60)71-55/h8,10-13,23-25,27,31,39,41,62,67,69H,1,9,14-22,26,28H2,2-7H3,(H,61,74)(H,64,75)(H,70,78)(H,76,77)(H,80,81)(H3,60,63,71,72,79). The van der Waals surface area contributed by atoms with E-state index in [1.807, 2.05) is 45.9 Å². The van der Waals surface area contributed by atoms with Gasteiger partial charge in [-0.05, 0) is 112 Å². The number of allylic oxidation sites excluding steroid dienone is 3. The molecule has 3 atom stereocenters. The summed E-state index contributed by atoms with van der Waals surface area (Å²) >= 11 is 0. The summed E-state index contributed by atoms with van der Waals surface area (Å²) in [4.78, 5) is 121. The predicted octanol–water partition coefficient (Wildman–Crippen LogP) is 6.22. The van der Waals surface area contributed by atoms with Gasteiger partial charge in [-0.15, -0.1) is 0 Å². The first-order valence-corrected chi connectivity index (χ1v) is 27.2. The summed E-state index contributed by atoms with van der Waals surface area (Å²) in [6.07, 6.45) is 3.67. The van der Waals surface area contributed by atoms with Crippen LogP contribution in [0, 0.1) is 13.8 Å². The molecule has 0 radical (unpaired) electrons. The van der Waals surface area contributed by atoms with Crippen LogP contribution in [0.5, 0.6) is 0 Å². The number of nitrogens with zero attached hydrogens (tertiary/aromatic N) is 5. The highest BCUT2D eigenvalue weighted by atomic mass is 16.5. The van der Waals surface area contributed by atoms with Crippen LogP contribution >= 0.6 is 0 Å². The van der Waals surface area contributed by atoms with E-state index in [9.17, 15) is 43.8 Å². The maximum absolute atomic E-state index is 13.4. The van der Waals surface area contributed by atoms with Gasteiger partial charge in [-0.2, -0.15) is 4.98 Å². The van der Waals surface area contributed by atoms with Gasteiger partial charge in [0.2, 0.25) is 17.8 Å². The molecule has 3 unspecified atom stereocenters. The summed E-state index contributed by atoms with van der Waals surface area (Å²) in [7, 11) is 0. The van der Waals surface area contributed by atoms with Crippen LogP contribution in [-0.2, 0) is 48.0 Å². The van der Waals surface area contributed by atoms with Crippen molar-refractivity contribution in [3.63, 3.8) is 0 Å². The first-order valence-electron chi connectivity index (χ1n) is 27.2. The number of fused-ring (bicyclic) bond motifs is 9. The molecule has 0 saturated carbocycles. The van der Waals surface area contributed by atoms with Crippen LogP contribution in [0.25, 0.3) is 44.4 Å². The van der Waals surface area contributed by atoms with Gasteiger partial charge in [-0.3, -0.25) is 38.7 Å². The van der Waals surface area contributed by atoms with E-state index in [1.54, 1.807) is 37.3 Å². The van der Waals surface area contributed by atoms with Crippen LogP contribution in [0.1, 0.15) is 137 Å². The summed E-state index contributed by atoms with van der Waals surface area (Å²) in [5, 5.41) is 32.3.